The molecule has 0 spiro atoms. The lowest BCUT2D eigenvalue weighted by Gasteiger charge is -2.24. The Morgan fingerprint density at radius 1 is 1.22 bits per heavy atom. The van der Waals surface area contributed by atoms with E-state index in [1.807, 2.05) is 37.1 Å². The molecule has 0 aliphatic carbocycles. The van der Waals surface area contributed by atoms with E-state index in [2.05, 4.69) is 0 Å². The second kappa shape index (κ2) is 5.31. The lowest BCUT2D eigenvalue weighted by molar-refractivity contribution is -0.138. The Morgan fingerprint density at radius 2 is 1.89 bits per heavy atom. The second-order valence-corrected chi connectivity index (χ2v) is 4.34. The zero-order chi connectivity index (χ0) is 13.1. The fraction of sp³-hybridized carbons (Fsp3) is 0.429. The first-order valence-electron chi connectivity index (χ1n) is 6.34. The summed E-state index contributed by atoms with van der Waals surface area (Å²) in [5.41, 5.74) is 0.616. The van der Waals surface area contributed by atoms with E-state index in [-0.39, 0.29) is 11.7 Å². The number of Topliss-reactive ketones (excluding diaryl/α,β-unsaturated/α-hetero) is 1. The van der Waals surface area contributed by atoms with Crippen molar-refractivity contribution in [3.05, 3.63) is 35.9 Å². The van der Waals surface area contributed by atoms with Gasteiger partial charge in [-0.25, -0.2) is 5.01 Å². The topological polar surface area (TPSA) is 40.6 Å². The third-order valence-corrected chi connectivity index (χ3v) is 3.33. The highest BCUT2D eigenvalue weighted by atomic mass is 16.2. The molecule has 0 aromatic heterocycles. The fourth-order valence-corrected chi connectivity index (χ4v) is 2.36. The molecule has 0 N–H and O–H groups in total. The summed E-state index contributed by atoms with van der Waals surface area (Å²) in [5.74, 6) is -0.699. The van der Waals surface area contributed by atoms with Gasteiger partial charge in [0.05, 0.1) is 0 Å². The van der Waals surface area contributed by atoms with E-state index in [1.165, 1.54) is 0 Å². The Bertz CT molecular complexity index is 444. The maximum atomic E-state index is 12.3. The normalized spacial score (nSPS) is 20.4. The van der Waals surface area contributed by atoms with Crippen LogP contribution in [0.3, 0.4) is 0 Å². The van der Waals surface area contributed by atoms with Crippen molar-refractivity contribution in [1.82, 2.24) is 10.0 Å². The highest BCUT2D eigenvalue weighted by Gasteiger charge is 2.40. The first-order valence-corrected chi connectivity index (χ1v) is 6.34. The molecule has 4 nitrogen and oxygen atoms in total. The minimum Gasteiger partial charge on any atom is -0.293 e. The van der Waals surface area contributed by atoms with Gasteiger partial charge in [0.15, 0.2) is 5.78 Å². The van der Waals surface area contributed by atoms with Crippen molar-refractivity contribution >= 4 is 11.7 Å². The minimum absolute atomic E-state index is 0.0741. The smallest absolute Gasteiger partial charge is 0.249 e. The molecule has 96 valence electrons. The number of hydrogen-bond acceptors (Lipinski definition) is 3. The number of amides is 1. The number of hydrogen-bond donors (Lipinski definition) is 0. The summed E-state index contributed by atoms with van der Waals surface area (Å²) in [4.78, 5) is 24.5. The van der Waals surface area contributed by atoms with Crippen LogP contribution >= 0.6 is 0 Å². The molecule has 1 amide bonds. The van der Waals surface area contributed by atoms with Gasteiger partial charge in [0.2, 0.25) is 5.91 Å². The van der Waals surface area contributed by atoms with Crippen LogP contribution in [0.15, 0.2) is 30.3 Å². The summed E-state index contributed by atoms with van der Waals surface area (Å²) >= 11 is 0. The Labute approximate surface area is 107 Å². The standard InChI is InChI=1S/C14H18N2O2/c1-3-15-10-12(14(18)16(15)4-2)13(17)11-8-6-5-7-9-11/h5-9,12H,3-4,10H2,1-2H3. The number of rotatable bonds is 4. The average Bonchev–Trinajstić information content (AvgIpc) is 2.75. The van der Waals surface area contributed by atoms with E-state index in [4.69, 9.17) is 0 Å². The van der Waals surface area contributed by atoms with Crippen LogP contribution in [0.5, 0.6) is 0 Å². The number of nitrogens with zero attached hydrogens (tertiary/aromatic N) is 2. The summed E-state index contributed by atoms with van der Waals surface area (Å²) < 4.78 is 0. The monoisotopic (exact) mass is 246 g/mol. The molecular formula is C14H18N2O2. The Morgan fingerprint density at radius 3 is 2.39 bits per heavy atom. The molecule has 1 atom stereocenters. The van der Waals surface area contributed by atoms with Crippen molar-refractivity contribution in [3.8, 4) is 0 Å². The van der Waals surface area contributed by atoms with Crippen molar-refractivity contribution in [2.45, 2.75) is 13.8 Å². The van der Waals surface area contributed by atoms with Crippen molar-refractivity contribution in [1.29, 1.82) is 0 Å². The molecule has 0 radical (unpaired) electrons. The SMILES string of the molecule is CCN1CC(C(=O)c2ccccc2)C(=O)N1CC. The van der Waals surface area contributed by atoms with Gasteiger partial charge in [-0.15, -0.1) is 0 Å². The molecule has 2 rings (SSSR count). The predicted molar refractivity (Wildman–Crippen MR) is 68.9 cm³/mol. The molecule has 1 fully saturated rings. The van der Waals surface area contributed by atoms with Crippen molar-refractivity contribution in [2.24, 2.45) is 5.92 Å². The number of hydrazine groups is 1. The van der Waals surface area contributed by atoms with Crippen LogP contribution in [0.25, 0.3) is 0 Å². The molecule has 18 heavy (non-hydrogen) atoms. The van der Waals surface area contributed by atoms with E-state index in [9.17, 15) is 9.59 Å². The molecule has 0 saturated carbocycles. The molecule has 4 heteroatoms. The van der Waals surface area contributed by atoms with E-state index < -0.39 is 5.92 Å². The van der Waals surface area contributed by atoms with E-state index in [0.717, 1.165) is 6.54 Å². The summed E-state index contributed by atoms with van der Waals surface area (Å²) in [6.07, 6.45) is 0. The molecule has 0 bridgehead atoms. The molecule has 1 aliphatic rings. The first-order chi connectivity index (χ1) is 8.69. The van der Waals surface area contributed by atoms with Gasteiger partial charge in [-0.1, -0.05) is 37.3 Å². The van der Waals surface area contributed by atoms with Crippen LogP contribution in [-0.2, 0) is 4.79 Å². The third-order valence-electron chi connectivity index (χ3n) is 3.33. The lowest BCUT2D eigenvalue weighted by Crippen LogP contribution is -2.38. The molecule has 1 aliphatic heterocycles. The Hall–Kier alpha value is -1.68. The molecular weight excluding hydrogens is 228 g/mol. The summed E-state index contributed by atoms with van der Waals surface area (Å²) in [5, 5.41) is 3.61. The van der Waals surface area contributed by atoms with Crippen LogP contribution in [-0.4, -0.2) is 41.3 Å². The predicted octanol–water partition coefficient (Wildman–Crippen LogP) is 1.58. The molecule has 1 aromatic rings. The van der Waals surface area contributed by atoms with Crippen LogP contribution in [0.4, 0.5) is 0 Å². The third kappa shape index (κ3) is 2.16. The van der Waals surface area contributed by atoms with Gasteiger partial charge in [0.1, 0.15) is 5.92 Å². The highest BCUT2D eigenvalue weighted by Crippen LogP contribution is 2.21. The van der Waals surface area contributed by atoms with E-state index in [1.54, 1.807) is 17.1 Å². The van der Waals surface area contributed by atoms with Gasteiger partial charge in [-0.05, 0) is 6.92 Å². The first kappa shape index (κ1) is 12.8. The summed E-state index contributed by atoms with van der Waals surface area (Å²) in [7, 11) is 0. The van der Waals surface area contributed by atoms with Gasteiger partial charge < -0.3 is 0 Å². The van der Waals surface area contributed by atoms with Gasteiger partial charge in [0.25, 0.3) is 0 Å². The fourth-order valence-electron chi connectivity index (χ4n) is 2.36. The van der Waals surface area contributed by atoms with Gasteiger partial charge in [-0.3, -0.25) is 14.6 Å². The number of carbonyl (C=O) groups excluding carboxylic acids is 2. The summed E-state index contributed by atoms with van der Waals surface area (Å²) in [6.45, 7) is 5.78. The largest absolute Gasteiger partial charge is 0.293 e. The lowest BCUT2D eigenvalue weighted by atomic mass is 9.98. The number of carbonyl (C=O) groups is 2. The van der Waals surface area contributed by atoms with Gasteiger partial charge in [0, 0.05) is 25.2 Å². The molecule has 1 saturated heterocycles. The molecule has 1 unspecified atom stereocenters. The Balaban J connectivity index is 2.20. The second-order valence-electron chi connectivity index (χ2n) is 4.34. The maximum absolute atomic E-state index is 12.3. The summed E-state index contributed by atoms with van der Waals surface area (Å²) in [6, 6.07) is 9.04. The molecule has 1 heterocycles. The minimum atomic E-state index is -0.549. The van der Waals surface area contributed by atoms with Crippen molar-refractivity contribution in [3.63, 3.8) is 0 Å². The van der Waals surface area contributed by atoms with Gasteiger partial charge in [-0.2, -0.15) is 0 Å². The Kier molecular flexibility index (Phi) is 3.77. The highest BCUT2D eigenvalue weighted by molar-refractivity contribution is 6.10. The van der Waals surface area contributed by atoms with Crippen molar-refractivity contribution < 1.29 is 9.59 Å². The van der Waals surface area contributed by atoms with Crippen LogP contribution in [0, 0.1) is 5.92 Å². The van der Waals surface area contributed by atoms with E-state index in [0.29, 0.717) is 18.7 Å². The zero-order valence-electron chi connectivity index (χ0n) is 10.8. The van der Waals surface area contributed by atoms with Crippen molar-refractivity contribution in [2.75, 3.05) is 19.6 Å². The van der Waals surface area contributed by atoms with Gasteiger partial charge >= 0.3 is 0 Å². The average molecular weight is 246 g/mol. The quantitative estimate of drug-likeness (QED) is 0.598. The van der Waals surface area contributed by atoms with Crippen LogP contribution < -0.4 is 0 Å². The number of benzene rings is 1. The zero-order valence-corrected chi connectivity index (χ0v) is 10.8. The number of ketones is 1. The molecule has 1 aromatic carbocycles. The van der Waals surface area contributed by atoms with Crippen LogP contribution in [0.1, 0.15) is 24.2 Å². The maximum Gasteiger partial charge on any atom is 0.249 e. The van der Waals surface area contributed by atoms with Crippen LogP contribution in [0.2, 0.25) is 0 Å². The van der Waals surface area contributed by atoms with E-state index >= 15 is 0 Å².